The second-order valence-electron chi connectivity index (χ2n) is 4.13. The Balaban J connectivity index is 2.01. The molecular formula is C11H19N3O. The normalized spacial score (nSPS) is 20.3. The molecule has 15 heavy (non-hydrogen) atoms. The molecule has 2 N–H and O–H groups in total. The highest BCUT2D eigenvalue weighted by atomic mass is 16.5. The quantitative estimate of drug-likeness (QED) is 0.759. The molecule has 0 fully saturated rings. The summed E-state index contributed by atoms with van der Waals surface area (Å²) in [5, 5.41) is 0. The van der Waals surface area contributed by atoms with E-state index in [4.69, 9.17) is 10.5 Å². The molecule has 0 saturated carbocycles. The number of aromatic nitrogens is 2. The van der Waals surface area contributed by atoms with Gasteiger partial charge in [0.2, 0.25) is 0 Å². The summed E-state index contributed by atoms with van der Waals surface area (Å²) in [4.78, 5) is 4.59. The number of ether oxygens (including phenoxy) is 1. The predicted octanol–water partition coefficient (Wildman–Crippen LogP) is 1.26. The van der Waals surface area contributed by atoms with Crippen LogP contribution in [-0.2, 0) is 17.7 Å². The molecule has 4 nitrogen and oxygen atoms in total. The Bertz CT molecular complexity index is 322. The number of nitrogens with zero attached hydrogens (tertiary/aromatic N) is 2. The third-order valence-corrected chi connectivity index (χ3v) is 2.88. The van der Waals surface area contributed by atoms with Crippen molar-refractivity contribution in [2.75, 3.05) is 13.7 Å². The summed E-state index contributed by atoms with van der Waals surface area (Å²) in [6, 6.07) is 0.134. The van der Waals surface area contributed by atoms with Crippen molar-refractivity contribution in [1.29, 1.82) is 0 Å². The van der Waals surface area contributed by atoms with E-state index in [0.717, 1.165) is 43.9 Å². The number of aryl methyl sites for hydroxylation is 2. The van der Waals surface area contributed by atoms with Gasteiger partial charge < -0.3 is 15.0 Å². The van der Waals surface area contributed by atoms with Crippen LogP contribution < -0.4 is 5.73 Å². The van der Waals surface area contributed by atoms with E-state index in [1.54, 1.807) is 7.11 Å². The molecule has 0 aliphatic carbocycles. The SMILES string of the molecule is COCCCc1cn2c(n1)C(N)CCC2. The molecule has 1 atom stereocenters. The first-order valence-electron chi connectivity index (χ1n) is 5.61. The lowest BCUT2D eigenvalue weighted by atomic mass is 10.1. The first kappa shape index (κ1) is 10.6. The van der Waals surface area contributed by atoms with Crippen molar-refractivity contribution >= 4 is 0 Å². The molecule has 0 aromatic carbocycles. The summed E-state index contributed by atoms with van der Waals surface area (Å²) < 4.78 is 7.23. The van der Waals surface area contributed by atoms with Crippen LogP contribution in [0.4, 0.5) is 0 Å². The molecule has 1 aromatic heterocycles. The first-order valence-corrected chi connectivity index (χ1v) is 5.61. The molecule has 2 heterocycles. The van der Waals surface area contributed by atoms with E-state index in [2.05, 4.69) is 15.7 Å². The van der Waals surface area contributed by atoms with E-state index in [9.17, 15) is 0 Å². The van der Waals surface area contributed by atoms with Gasteiger partial charge in [-0.05, 0) is 25.7 Å². The smallest absolute Gasteiger partial charge is 0.125 e. The molecule has 1 aliphatic rings. The van der Waals surface area contributed by atoms with Gasteiger partial charge >= 0.3 is 0 Å². The lowest BCUT2D eigenvalue weighted by Crippen LogP contribution is -2.21. The Hall–Kier alpha value is -0.870. The maximum absolute atomic E-state index is 6.01. The summed E-state index contributed by atoms with van der Waals surface area (Å²) in [5.74, 6) is 1.06. The minimum absolute atomic E-state index is 0.134. The highest BCUT2D eigenvalue weighted by molar-refractivity contribution is 5.09. The maximum atomic E-state index is 6.01. The largest absolute Gasteiger partial charge is 0.385 e. The maximum Gasteiger partial charge on any atom is 0.125 e. The van der Waals surface area contributed by atoms with Crippen LogP contribution in [0.1, 0.15) is 36.8 Å². The fourth-order valence-corrected chi connectivity index (χ4v) is 2.09. The molecule has 0 amide bonds. The zero-order chi connectivity index (χ0) is 10.7. The van der Waals surface area contributed by atoms with Gasteiger partial charge in [0.15, 0.2) is 0 Å². The molecule has 84 valence electrons. The van der Waals surface area contributed by atoms with Crippen LogP contribution in [0.3, 0.4) is 0 Å². The highest BCUT2D eigenvalue weighted by Gasteiger charge is 2.19. The van der Waals surface area contributed by atoms with Crippen LogP contribution in [0, 0.1) is 0 Å². The van der Waals surface area contributed by atoms with E-state index < -0.39 is 0 Å². The van der Waals surface area contributed by atoms with Gasteiger partial charge in [0, 0.05) is 26.5 Å². The minimum Gasteiger partial charge on any atom is -0.385 e. The summed E-state index contributed by atoms with van der Waals surface area (Å²) in [5.41, 5.74) is 7.16. The molecule has 1 unspecified atom stereocenters. The molecule has 2 rings (SSSR count). The zero-order valence-electron chi connectivity index (χ0n) is 9.28. The number of hydrogen-bond donors (Lipinski definition) is 1. The van der Waals surface area contributed by atoms with Crippen molar-refractivity contribution in [3.8, 4) is 0 Å². The minimum atomic E-state index is 0.134. The third-order valence-electron chi connectivity index (χ3n) is 2.88. The Morgan fingerprint density at radius 2 is 2.53 bits per heavy atom. The standard InChI is InChI=1S/C11H19N3O/c1-15-7-3-4-9-8-14-6-2-5-10(12)11(14)13-9/h8,10H,2-7,12H2,1H3. The summed E-state index contributed by atoms with van der Waals surface area (Å²) in [6.45, 7) is 1.87. The first-order chi connectivity index (χ1) is 7.31. The van der Waals surface area contributed by atoms with Crippen LogP contribution >= 0.6 is 0 Å². The predicted molar refractivity (Wildman–Crippen MR) is 58.6 cm³/mol. The van der Waals surface area contributed by atoms with Gasteiger partial charge in [-0.25, -0.2) is 4.98 Å². The van der Waals surface area contributed by atoms with Crippen molar-refractivity contribution in [3.63, 3.8) is 0 Å². The van der Waals surface area contributed by atoms with Gasteiger partial charge in [-0.3, -0.25) is 0 Å². The van der Waals surface area contributed by atoms with Crippen molar-refractivity contribution in [2.24, 2.45) is 5.73 Å². The van der Waals surface area contributed by atoms with Crippen molar-refractivity contribution in [2.45, 2.75) is 38.3 Å². The second-order valence-corrected chi connectivity index (χ2v) is 4.13. The monoisotopic (exact) mass is 209 g/mol. The lowest BCUT2D eigenvalue weighted by molar-refractivity contribution is 0.195. The fraction of sp³-hybridized carbons (Fsp3) is 0.727. The van der Waals surface area contributed by atoms with Gasteiger partial charge in [0.25, 0.3) is 0 Å². The van der Waals surface area contributed by atoms with E-state index in [-0.39, 0.29) is 6.04 Å². The van der Waals surface area contributed by atoms with E-state index in [0.29, 0.717) is 0 Å². The number of nitrogens with two attached hydrogens (primary N) is 1. The molecule has 0 bridgehead atoms. The van der Waals surface area contributed by atoms with Gasteiger partial charge in [0.05, 0.1) is 11.7 Å². The van der Waals surface area contributed by atoms with Crippen molar-refractivity contribution < 1.29 is 4.74 Å². The zero-order valence-corrected chi connectivity index (χ0v) is 9.28. The number of rotatable bonds is 4. The molecule has 1 aliphatic heterocycles. The number of fused-ring (bicyclic) bond motifs is 1. The van der Waals surface area contributed by atoms with Gasteiger partial charge in [-0.2, -0.15) is 0 Å². The molecule has 1 aromatic rings. The van der Waals surface area contributed by atoms with Gasteiger partial charge in [-0.1, -0.05) is 0 Å². The molecule has 0 spiro atoms. The summed E-state index contributed by atoms with van der Waals surface area (Å²) >= 11 is 0. The average Bonchev–Trinajstić information content (AvgIpc) is 2.63. The number of hydrogen-bond acceptors (Lipinski definition) is 3. The van der Waals surface area contributed by atoms with Crippen LogP contribution in [0.25, 0.3) is 0 Å². The van der Waals surface area contributed by atoms with Gasteiger partial charge in [0.1, 0.15) is 5.82 Å². The van der Waals surface area contributed by atoms with Crippen LogP contribution in [0.2, 0.25) is 0 Å². The van der Waals surface area contributed by atoms with Crippen LogP contribution in [-0.4, -0.2) is 23.3 Å². The van der Waals surface area contributed by atoms with E-state index >= 15 is 0 Å². The Morgan fingerprint density at radius 3 is 3.27 bits per heavy atom. The topological polar surface area (TPSA) is 53.1 Å². The van der Waals surface area contributed by atoms with Crippen molar-refractivity contribution in [1.82, 2.24) is 9.55 Å². The Labute approximate surface area is 90.4 Å². The molecule has 0 saturated heterocycles. The lowest BCUT2D eigenvalue weighted by Gasteiger charge is -2.19. The summed E-state index contributed by atoms with van der Waals surface area (Å²) in [7, 11) is 1.73. The Morgan fingerprint density at radius 1 is 1.67 bits per heavy atom. The molecule has 4 heteroatoms. The summed E-state index contributed by atoms with van der Waals surface area (Å²) in [6.07, 6.45) is 6.39. The number of imidazole rings is 1. The van der Waals surface area contributed by atoms with Gasteiger partial charge in [-0.15, -0.1) is 0 Å². The van der Waals surface area contributed by atoms with E-state index in [1.807, 2.05) is 0 Å². The average molecular weight is 209 g/mol. The molecule has 0 radical (unpaired) electrons. The van der Waals surface area contributed by atoms with Crippen LogP contribution in [0.15, 0.2) is 6.20 Å². The highest BCUT2D eigenvalue weighted by Crippen LogP contribution is 2.22. The fourth-order valence-electron chi connectivity index (χ4n) is 2.09. The Kier molecular flexibility index (Phi) is 3.38. The second kappa shape index (κ2) is 4.77. The van der Waals surface area contributed by atoms with E-state index in [1.165, 1.54) is 6.42 Å². The van der Waals surface area contributed by atoms with Crippen LogP contribution in [0.5, 0.6) is 0 Å². The number of methoxy groups -OCH3 is 1. The van der Waals surface area contributed by atoms with Crippen molar-refractivity contribution in [3.05, 3.63) is 17.7 Å². The molecular weight excluding hydrogens is 190 g/mol. The third kappa shape index (κ3) is 2.38.